The maximum absolute atomic E-state index is 11.2. The average Bonchev–Trinajstić information content (AvgIpc) is 2.27. The summed E-state index contributed by atoms with van der Waals surface area (Å²) in [4.78, 5) is 22.9. The Morgan fingerprint density at radius 3 is 2.71 bits per heavy atom. The van der Waals surface area contributed by atoms with Gasteiger partial charge < -0.3 is 16.2 Å². The summed E-state index contributed by atoms with van der Waals surface area (Å²) in [5.41, 5.74) is 11.5. The number of esters is 1. The third-order valence-electron chi connectivity index (χ3n) is 1.98. The number of hydrogen-bond donors (Lipinski definition) is 2. The molecule has 92 valence electrons. The van der Waals surface area contributed by atoms with E-state index >= 15 is 0 Å². The molecule has 1 aromatic carbocycles. The molecule has 0 aliphatic heterocycles. The minimum absolute atomic E-state index is 0.153. The Balaban J connectivity index is 2.75. The second kappa shape index (κ2) is 6.15. The lowest BCUT2D eigenvalue weighted by atomic mass is 10.2. The summed E-state index contributed by atoms with van der Waals surface area (Å²) >= 11 is 1.22. The van der Waals surface area contributed by atoms with E-state index in [1.165, 1.54) is 11.8 Å². The standard InChI is InChI=1S/C11H14N2O3S/c1-2-16-9(14)6-17-8-5-3-4-7(10(8)12)11(13)15/h3-5H,2,6,12H2,1H3,(H2,13,15). The van der Waals surface area contributed by atoms with Crippen molar-refractivity contribution in [1.82, 2.24) is 0 Å². The predicted octanol–water partition coefficient (Wildman–Crippen LogP) is 1.02. The first-order chi connectivity index (χ1) is 8.06. The van der Waals surface area contributed by atoms with Gasteiger partial charge in [-0.2, -0.15) is 0 Å². The summed E-state index contributed by atoms with van der Waals surface area (Å²) in [6, 6.07) is 4.95. The molecule has 0 saturated carbocycles. The lowest BCUT2D eigenvalue weighted by molar-refractivity contribution is -0.139. The van der Waals surface area contributed by atoms with Gasteiger partial charge in [-0.05, 0) is 19.1 Å². The number of carbonyl (C=O) groups excluding carboxylic acids is 2. The molecule has 0 spiro atoms. The van der Waals surface area contributed by atoms with Crippen molar-refractivity contribution in [2.45, 2.75) is 11.8 Å². The van der Waals surface area contributed by atoms with Crippen molar-refractivity contribution in [3.05, 3.63) is 23.8 Å². The number of para-hydroxylation sites is 1. The molecule has 17 heavy (non-hydrogen) atoms. The van der Waals surface area contributed by atoms with E-state index in [0.29, 0.717) is 17.2 Å². The molecular formula is C11H14N2O3S. The van der Waals surface area contributed by atoms with Crippen LogP contribution < -0.4 is 11.5 Å². The van der Waals surface area contributed by atoms with Gasteiger partial charge in [-0.3, -0.25) is 9.59 Å². The van der Waals surface area contributed by atoms with E-state index in [0.717, 1.165) is 0 Å². The zero-order valence-electron chi connectivity index (χ0n) is 9.43. The van der Waals surface area contributed by atoms with Crippen LogP contribution in [0, 0.1) is 0 Å². The maximum Gasteiger partial charge on any atom is 0.316 e. The van der Waals surface area contributed by atoms with Crippen molar-refractivity contribution in [3.63, 3.8) is 0 Å². The monoisotopic (exact) mass is 254 g/mol. The molecule has 0 aromatic heterocycles. The fraction of sp³-hybridized carbons (Fsp3) is 0.273. The lowest BCUT2D eigenvalue weighted by Crippen LogP contribution is -2.14. The molecule has 0 bridgehead atoms. The molecule has 0 unspecified atom stereocenters. The van der Waals surface area contributed by atoms with Gasteiger partial charge in [0, 0.05) is 4.90 Å². The molecular weight excluding hydrogens is 240 g/mol. The first kappa shape index (κ1) is 13.4. The van der Waals surface area contributed by atoms with E-state index in [-0.39, 0.29) is 17.3 Å². The van der Waals surface area contributed by atoms with Gasteiger partial charge in [-0.15, -0.1) is 11.8 Å². The number of rotatable bonds is 5. The van der Waals surface area contributed by atoms with Crippen LogP contribution in [-0.2, 0) is 9.53 Å². The number of thioether (sulfide) groups is 1. The minimum Gasteiger partial charge on any atom is -0.465 e. The van der Waals surface area contributed by atoms with Crippen LogP contribution in [0.4, 0.5) is 5.69 Å². The van der Waals surface area contributed by atoms with E-state index in [2.05, 4.69) is 0 Å². The molecule has 6 heteroatoms. The number of ether oxygens (including phenoxy) is 1. The first-order valence-corrected chi connectivity index (χ1v) is 6.01. The number of anilines is 1. The van der Waals surface area contributed by atoms with Crippen LogP contribution >= 0.6 is 11.8 Å². The molecule has 1 rings (SSSR count). The van der Waals surface area contributed by atoms with Crippen molar-refractivity contribution in [1.29, 1.82) is 0 Å². The molecule has 0 aliphatic carbocycles. The topological polar surface area (TPSA) is 95.4 Å². The third kappa shape index (κ3) is 3.67. The fourth-order valence-corrected chi connectivity index (χ4v) is 2.02. The number of nitrogen functional groups attached to an aromatic ring is 1. The van der Waals surface area contributed by atoms with Crippen molar-refractivity contribution < 1.29 is 14.3 Å². The number of amides is 1. The zero-order valence-corrected chi connectivity index (χ0v) is 10.3. The lowest BCUT2D eigenvalue weighted by Gasteiger charge is -2.08. The summed E-state index contributed by atoms with van der Waals surface area (Å²) in [5.74, 6) is -0.747. The van der Waals surface area contributed by atoms with Crippen LogP contribution in [0.5, 0.6) is 0 Å². The Morgan fingerprint density at radius 1 is 1.41 bits per heavy atom. The summed E-state index contributed by atoms with van der Waals surface area (Å²) in [6.07, 6.45) is 0. The number of benzene rings is 1. The quantitative estimate of drug-likeness (QED) is 0.464. The largest absolute Gasteiger partial charge is 0.465 e. The van der Waals surface area contributed by atoms with E-state index < -0.39 is 5.91 Å². The van der Waals surface area contributed by atoms with Crippen LogP contribution in [0.15, 0.2) is 23.1 Å². The van der Waals surface area contributed by atoms with Crippen molar-refractivity contribution >= 4 is 29.3 Å². The Bertz CT molecular complexity index is 435. The van der Waals surface area contributed by atoms with Gasteiger partial charge in [0.25, 0.3) is 5.91 Å². The number of primary amides is 1. The molecule has 5 nitrogen and oxygen atoms in total. The molecule has 0 aliphatic rings. The van der Waals surface area contributed by atoms with Gasteiger partial charge in [-0.1, -0.05) is 6.07 Å². The Hall–Kier alpha value is -1.69. The Kier molecular flexibility index (Phi) is 4.84. The van der Waals surface area contributed by atoms with E-state index in [1.807, 2.05) is 0 Å². The van der Waals surface area contributed by atoms with Gasteiger partial charge in [0.1, 0.15) is 0 Å². The van der Waals surface area contributed by atoms with Gasteiger partial charge in [0.2, 0.25) is 0 Å². The van der Waals surface area contributed by atoms with Crippen LogP contribution in [0.2, 0.25) is 0 Å². The van der Waals surface area contributed by atoms with Gasteiger partial charge in [-0.25, -0.2) is 0 Å². The Morgan fingerprint density at radius 2 is 2.12 bits per heavy atom. The van der Waals surface area contributed by atoms with Crippen molar-refractivity contribution in [3.8, 4) is 0 Å². The first-order valence-electron chi connectivity index (χ1n) is 5.03. The van der Waals surface area contributed by atoms with Gasteiger partial charge in [0.15, 0.2) is 0 Å². The fourth-order valence-electron chi connectivity index (χ4n) is 1.22. The molecule has 4 N–H and O–H groups in total. The highest BCUT2D eigenvalue weighted by Crippen LogP contribution is 2.27. The van der Waals surface area contributed by atoms with Crippen LogP contribution in [-0.4, -0.2) is 24.2 Å². The highest BCUT2D eigenvalue weighted by molar-refractivity contribution is 8.00. The molecule has 0 heterocycles. The summed E-state index contributed by atoms with van der Waals surface area (Å²) in [6.45, 7) is 2.08. The van der Waals surface area contributed by atoms with Crippen LogP contribution in [0.1, 0.15) is 17.3 Å². The van der Waals surface area contributed by atoms with Gasteiger partial charge >= 0.3 is 5.97 Å². The molecule has 1 amide bonds. The van der Waals surface area contributed by atoms with E-state index in [1.54, 1.807) is 25.1 Å². The van der Waals surface area contributed by atoms with Crippen LogP contribution in [0.25, 0.3) is 0 Å². The predicted molar refractivity (Wildman–Crippen MR) is 66.7 cm³/mol. The van der Waals surface area contributed by atoms with Crippen molar-refractivity contribution in [2.24, 2.45) is 5.73 Å². The van der Waals surface area contributed by atoms with E-state index in [9.17, 15) is 9.59 Å². The van der Waals surface area contributed by atoms with Crippen LogP contribution in [0.3, 0.4) is 0 Å². The maximum atomic E-state index is 11.2. The zero-order chi connectivity index (χ0) is 12.8. The minimum atomic E-state index is -0.582. The summed E-state index contributed by atoms with van der Waals surface area (Å²) < 4.78 is 4.79. The molecule has 0 fully saturated rings. The second-order valence-electron chi connectivity index (χ2n) is 3.18. The smallest absolute Gasteiger partial charge is 0.316 e. The normalized spacial score (nSPS) is 9.94. The van der Waals surface area contributed by atoms with E-state index in [4.69, 9.17) is 16.2 Å². The van der Waals surface area contributed by atoms with Crippen molar-refractivity contribution in [2.75, 3.05) is 18.1 Å². The van der Waals surface area contributed by atoms with Gasteiger partial charge in [0.05, 0.1) is 23.6 Å². The summed E-state index contributed by atoms with van der Waals surface area (Å²) in [5, 5.41) is 0. The Labute approximate surface area is 103 Å². The summed E-state index contributed by atoms with van der Waals surface area (Å²) in [7, 11) is 0. The third-order valence-corrected chi connectivity index (χ3v) is 3.03. The molecule has 0 atom stereocenters. The molecule has 1 aromatic rings. The highest BCUT2D eigenvalue weighted by Gasteiger charge is 2.11. The molecule has 0 saturated heterocycles. The second-order valence-corrected chi connectivity index (χ2v) is 4.19. The number of hydrogen-bond acceptors (Lipinski definition) is 5. The SMILES string of the molecule is CCOC(=O)CSc1cccc(C(N)=O)c1N. The average molecular weight is 254 g/mol. The molecule has 0 radical (unpaired) electrons. The number of nitrogens with two attached hydrogens (primary N) is 2. The number of carbonyl (C=O) groups is 2. The highest BCUT2D eigenvalue weighted by atomic mass is 32.2.